The number of aromatic amines is 1. The van der Waals surface area contributed by atoms with E-state index in [0.29, 0.717) is 0 Å². The summed E-state index contributed by atoms with van der Waals surface area (Å²) in [5, 5.41) is 2.85. The molecule has 2 aliphatic rings. The molecule has 2 saturated heterocycles. The first kappa shape index (κ1) is 25.1. The van der Waals surface area contributed by atoms with Crippen LogP contribution >= 0.6 is 19.3 Å². The van der Waals surface area contributed by atoms with E-state index in [1.54, 1.807) is 20.8 Å². The van der Waals surface area contributed by atoms with E-state index in [1.807, 2.05) is 13.8 Å². The molecule has 0 bridgehead atoms. The van der Waals surface area contributed by atoms with Crippen molar-refractivity contribution in [3.63, 3.8) is 0 Å². The Balaban J connectivity index is 1.76. The molecular formula is C19H29ClN3O8P. The highest BCUT2D eigenvalue weighted by Crippen LogP contribution is 2.57. The number of aromatic nitrogens is 2. The van der Waals surface area contributed by atoms with Crippen LogP contribution in [0.1, 0.15) is 40.8 Å². The van der Waals surface area contributed by atoms with E-state index < -0.39 is 48.3 Å². The van der Waals surface area contributed by atoms with Gasteiger partial charge in [0.25, 0.3) is 5.56 Å². The zero-order chi connectivity index (χ0) is 23.8. The van der Waals surface area contributed by atoms with E-state index in [9.17, 15) is 18.9 Å². The first-order chi connectivity index (χ1) is 14.8. The van der Waals surface area contributed by atoms with Crippen molar-refractivity contribution < 1.29 is 27.9 Å². The molecule has 11 nitrogen and oxygen atoms in total. The monoisotopic (exact) mass is 493 g/mol. The Morgan fingerprint density at radius 1 is 1.41 bits per heavy atom. The second-order valence-electron chi connectivity index (χ2n) is 8.78. The molecule has 0 amide bonds. The number of ether oxygens (including phenoxy) is 2. The summed E-state index contributed by atoms with van der Waals surface area (Å²) < 4.78 is 37.0. The fourth-order valence-electron chi connectivity index (χ4n) is 3.46. The zero-order valence-electron chi connectivity index (χ0n) is 18.6. The second kappa shape index (κ2) is 9.40. The number of rotatable bonds is 7. The molecule has 3 heterocycles. The first-order valence-corrected chi connectivity index (χ1v) is 12.3. The minimum atomic E-state index is -3.85. The third-order valence-electron chi connectivity index (χ3n) is 5.45. The molecule has 6 atom stereocenters. The summed E-state index contributed by atoms with van der Waals surface area (Å²) in [4.78, 5) is 36.3. The number of alkyl halides is 1. The number of esters is 1. The second-order valence-corrected chi connectivity index (χ2v) is 11.3. The molecule has 3 rings (SSSR count). The number of nitrogens with one attached hydrogen (secondary N) is 2. The number of halogens is 1. The fraction of sp³-hybridized carbons (Fsp3) is 0.737. The Bertz CT molecular complexity index is 1010. The molecule has 0 spiro atoms. The van der Waals surface area contributed by atoms with Crippen molar-refractivity contribution in [3.05, 3.63) is 33.1 Å². The quantitative estimate of drug-likeness (QED) is 0.330. The average molecular weight is 494 g/mol. The zero-order valence-corrected chi connectivity index (χ0v) is 20.2. The largest absolute Gasteiger partial charge is 0.464 e. The molecule has 1 unspecified atom stereocenters. The van der Waals surface area contributed by atoms with Crippen LogP contribution in [0.25, 0.3) is 0 Å². The Morgan fingerprint density at radius 3 is 2.69 bits per heavy atom. The molecule has 2 aliphatic heterocycles. The van der Waals surface area contributed by atoms with Crippen LogP contribution in [-0.4, -0.2) is 51.9 Å². The summed E-state index contributed by atoms with van der Waals surface area (Å²) in [6.45, 7) is 8.70. The topological polar surface area (TPSA) is 138 Å². The molecule has 0 aliphatic carbocycles. The van der Waals surface area contributed by atoms with Gasteiger partial charge in [-0.2, -0.15) is 0 Å². The molecule has 0 radical (unpaired) electrons. The number of fused-ring (bicyclic) bond motifs is 1. The number of carbonyl (C=O) groups is 1. The van der Waals surface area contributed by atoms with E-state index in [-0.39, 0.29) is 31.0 Å². The summed E-state index contributed by atoms with van der Waals surface area (Å²) in [6.07, 6.45) is -1.29. The van der Waals surface area contributed by atoms with Gasteiger partial charge in [-0.15, -0.1) is 11.6 Å². The highest BCUT2D eigenvalue weighted by Gasteiger charge is 2.60. The standard InChI is InChI=1S/C19H29ClN3O8P/c1-10(2)12(8-28-16(25)11(3)4)22-32(27)29-9-13-15(31-32)19(5,20)17(30-13)23-7-6-14(24)21-18(23)26/h6-7,10-13,15,17H,8-9H2,1-5H3,(H,22,27)(H,21,24,26)/t12-,13+,15+,17+,19+,32?/m0/s1. The molecule has 1 aromatic rings. The molecule has 13 heteroatoms. The molecule has 0 aromatic carbocycles. The van der Waals surface area contributed by atoms with Gasteiger partial charge in [0, 0.05) is 12.3 Å². The summed E-state index contributed by atoms with van der Waals surface area (Å²) >= 11 is 6.74. The fourth-order valence-corrected chi connectivity index (χ4v) is 5.84. The van der Waals surface area contributed by atoms with Gasteiger partial charge in [-0.3, -0.25) is 28.2 Å². The number of hydrogen-bond acceptors (Lipinski definition) is 8. The molecule has 2 fully saturated rings. The van der Waals surface area contributed by atoms with Gasteiger partial charge in [0.1, 0.15) is 23.7 Å². The maximum atomic E-state index is 13.4. The summed E-state index contributed by atoms with van der Waals surface area (Å²) in [5.74, 6) is -0.712. The van der Waals surface area contributed by atoms with Crippen LogP contribution in [0.2, 0.25) is 0 Å². The maximum Gasteiger partial charge on any atom is 0.406 e. The van der Waals surface area contributed by atoms with Gasteiger partial charge in [0.15, 0.2) is 6.23 Å². The van der Waals surface area contributed by atoms with Gasteiger partial charge in [-0.05, 0) is 12.8 Å². The van der Waals surface area contributed by atoms with Crippen LogP contribution in [0.5, 0.6) is 0 Å². The Labute approximate surface area is 190 Å². The van der Waals surface area contributed by atoms with Crippen LogP contribution in [0.4, 0.5) is 0 Å². The van der Waals surface area contributed by atoms with Crippen molar-refractivity contribution in [2.24, 2.45) is 11.8 Å². The van der Waals surface area contributed by atoms with Crippen LogP contribution in [0.15, 0.2) is 21.9 Å². The summed E-state index contributed by atoms with van der Waals surface area (Å²) in [6, 6.07) is 0.677. The molecule has 1 aromatic heterocycles. The predicted octanol–water partition coefficient (Wildman–Crippen LogP) is 1.77. The third kappa shape index (κ3) is 5.18. The van der Waals surface area contributed by atoms with Crippen molar-refractivity contribution >= 4 is 25.3 Å². The van der Waals surface area contributed by atoms with E-state index in [0.717, 1.165) is 4.57 Å². The SMILES string of the molecule is CC(C)C(=O)OC[C@H](NP1(=O)OC[C@H]2O[C@@H](n3ccc(=O)[nH]c3=O)[C@](C)(Cl)[C@@H]2O1)C(C)C. The van der Waals surface area contributed by atoms with Crippen LogP contribution < -0.4 is 16.3 Å². The average Bonchev–Trinajstić information content (AvgIpc) is 2.94. The Morgan fingerprint density at radius 2 is 2.09 bits per heavy atom. The van der Waals surface area contributed by atoms with E-state index in [1.165, 1.54) is 12.3 Å². The van der Waals surface area contributed by atoms with Crippen LogP contribution in [0, 0.1) is 11.8 Å². The van der Waals surface area contributed by atoms with E-state index in [2.05, 4.69) is 10.1 Å². The first-order valence-electron chi connectivity index (χ1n) is 10.4. The lowest BCUT2D eigenvalue weighted by molar-refractivity contribution is -0.148. The summed E-state index contributed by atoms with van der Waals surface area (Å²) in [7, 11) is -3.85. The summed E-state index contributed by atoms with van der Waals surface area (Å²) in [5.41, 5.74) is -1.24. The van der Waals surface area contributed by atoms with E-state index in [4.69, 9.17) is 30.1 Å². The molecule has 0 saturated carbocycles. The molecule has 180 valence electrons. The highest BCUT2D eigenvalue weighted by molar-refractivity contribution is 7.51. The lowest BCUT2D eigenvalue weighted by Gasteiger charge is -2.37. The Kier molecular flexibility index (Phi) is 7.39. The van der Waals surface area contributed by atoms with Gasteiger partial charge in [0.05, 0.1) is 18.6 Å². The van der Waals surface area contributed by atoms with Gasteiger partial charge in [-0.1, -0.05) is 27.7 Å². The van der Waals surface area contributed by atoms with Crippen molar-refractivity contribution in [1.82, 2.24) is 14.6 Å². The van der Waals surface area contributed by atoms with Crippen LogP contribution in [-0.2, 0) is 27.9 Å². The van der Waals surface area contributed by atoms with Gasteiger partial charge < -0.3 is 9.47 Å². The number of H-pyrrole nitrogens is 1. The molecular weight excluding hydrogens is 465 g/mol. The van der Waals surface area contributed by atoms with Gasteiger partial charge in [0.2, 0.25) is 0 Å². The van der Waals surface area contributed by atoms with Crippen molar-refractivity contribution in [1.29, 1.82) is 0 Å². The van der Waals surface area contributed by atoms with E-state index >= 15 is 0 Å². The van der Waals surface area contributed by atoms with Crippen molar-refractivity contribution in [3.8, 4) is 0 Å². The smallest absolute Gasteiger partial charge is 0.406 e. The van der Waals surface area contributed by atoms with Gasteiger partial charge in [-0.25, -0.2) is 14.4 Å². The third-order valence-corrected chi connectivity index (χ3v) is 7.49. The minimum Gasteiger partial charge on any atom is -0.464 e. The maximum absolute atomic E-state index is 13.4. The number of carbonyl (C=O) groups excluding carboxylic acids is 1. The highest BCUT2D eigenvalue weighted by atomic mass is 35.5. The lowest BCUT2D eigenvalue weighted by Crippen LogP contribution is -2.48. The normalized spacial score (nSPS) is 33.3. The number of nitrogens with zero attached hydrogens (tertiary/aromatic N) is 1. The number of hydrogen-bond donors (Lipinski definition) is 2. The van der Waals surface area contributed by atoms with Crippen molar-refractivity contribution in [2.75, 3.05) is 13.2 Å². The molecule has 2 N–H and O–H groups in total. The van der Waals surface area contributed by atoms with Gasteiger partial charge >= 0.3 is 19.4 Å². The minimum absolute atomic E-state index is 0.0104. The predicted molar refractivity (Wildman–Crippen MR) is 115 cm³/mol. The van der Waals surface area contributed by atoms with Crippen molar-refractivity contribution in [2.45, 2.75) is 64.0 Å². The Hall–Kier alpha value is -1.49. The van der Waals surface area contributed by atoms with Crippen LogP contribution in [0.3, 0.4) is 0 Å². The lowest BCUT2D eigenvalue weighted by atomic mass is 10.0. The molecule has 32 heavy (non-hydrogen) atoms.